The molecule has 0 aliphatic carbocycles. The molecule has 7 nitrogen and oxygen atoms in total. The molecule has 2 saturated heterocycles. The summed E-state index contributed by atoms with van der Waals surface area (Å²) in [5, 5.41) is 8.92. The molecule has 3 atom stereocenters. The maximum atomic E-state index is 13.1. The van der Waals surface area contributed by atoms with Gasteiger partial charge in [-0.2, -0.15) is 5.10 Å². The molecule has 0 saturated carbocycles. The molecule has 0 spiro atoms. The molecule has 7 heteroatoms. The van der Waals surface area contributed by atoms with Crippen molar-refractivity contribution >= 4 is 16.8 Å². The van der Waals surface area contributed by atoms with E-state index in [4.69, 9.17) is 0 Å². The smallest absolute Gasteiger partial charge is 0.272 e. The molecule has 2 aliphatic heterocycles. The predicted octanol–water partition coefficient (Wildman–Crippen LogP) is 1.10. The van der Waals surface area contributed by atoms with Crippen LogP contribution in [0, 0.1) is 0 Å². The van der Waals surface area contributed by atoms with Crippen LogP contribution >= 0.6 is 0 Å². The highest BCUT2D eigenvalue weighted by atomic mass is 16.2. The van der Waals surface area contributed by atoms with E-state index in [-0.39, 0.29) is 11.9 Å². The molecule has 2 aliphatic rings. The molecule has 0 radical (unpaired) electrons. The normalized spacial score (nSPS) is 26.1. The number of fused-ring (bicyclic) bond motifs is 3. The average Bonchev–Trinajstić information content (AvgIpc) is 3.01. The maximum absolute atomic E-state index is 13.1. The van der Waals surface area contributed by atoms with Gasteiger partial charge in [-0.05, 0) is 47.1 Å². The van der Waals surface area contributed by atoms with Crippen molar-refractivity contribution in [3.05, 3.63) is 30.0 Å². The van der Waals surface area contributed by atoms with Gasteiger partial charge in [-0.25, -0.2) is 0 Å². The lowest BCUT2D eigenvalue weighted by Crippen LogP contribution is -2.63. The lowest BCUT2D eigenvalue weighted by atomic mass is 9.88. The Kier molecular flexibility index (Phi) is 5.40. The van der Waals surface area contributed by atoms with Crippen LogP contribution in [-0.2, 0) is 6.54 Å². The third kappa shape index (κ3) is 3.79. The number of piperazine rings is 1. The van der Waals surface area contributed by atoms with Crippen molar-refractivity contribution in [2.75, 3.05) is 47.8 Å². The monoisotopic (exact) mass is 384 g/mol. The van der Waals surface area contributed by atoms with Crippen LogP contribution in [0.3, 0.4) is 0 Å². The van der Waals surface area contributed by atoms with Gasteiger partial charge in [0.25, 0.3) is 5.91 Å². The number of benzene rings is 1. The van der Waals surface area contributed by atoms with Crippen LogP contribution in [0.25, 0.3) is 10.9 Å². The Hall–Kier alpha value is -1.96. The molecule has 28 heavy (non-hydrogen) atoms. The Bertz CT molecular complexity index is 831. The molecule has 1 amide bonds. The van der Waals surface area contributed by atoms with Crippen molar-refractivity contribution in [2.24, 2.45) is 0 Å². The largest absolute Gasteiger partial charge is 0.348 e. The molecular formula is C21H32N6O. The van der Waals surface area contributed by atoms with Gasteiger partial charge in [-0.15, -0.1) is 0 Å². The molecule has 2 fully saturated rings. The highest BCUT2D eigenvalue weighted by Crippen LogP contribution is 2.27. The van der Waals surface area contributed by atoms with Crippen LogP contribution in [0.2, 0.25) is 0 Å². The fourth-order valence-electron chi connectivity index (χ4n) is 4.72. The van der Waals surface area contributed by atoms with Crippen molar-refractivity contribution in [3.8, 4) is 0 Å². The van der Waals surface area contributed by atoms with E-state index in [0.29, 0.717) is 17.8 Å². The maximum Gasteiger partial charge on any atom is 0.272 e. The minimum absolute atomic E-state index is 0.0409. The van der Waals surface area contributed by atoms with E-state index >= 15 is 0 Å². The minimum Gasteiger partial charge on any atom is -0.348 e. The number of carbonyl (C=O) groups is 1. The summed E-state index contributed by atoms with van der Waals surface area (Å²) in [4.78, 5) is 20.2. The first kappa shape index (κ1) is 19.4. The topological polar surface area (TPSA) is 56.6 Å². The number of nitrogens with one attached hydrogen (secondary N) is 1. The quantitative estimate of drug-likeness (QED) is 0.837. The zero-order valence-electron chi connectivity index (χ0n) is 17.4. The third-order valence-electron chi connectivity index (χ3n) is 6.28. The van der Waals surface area contributed by atoms with Crippen LogP contribution in [0.1, 0.15) is 23.3 Å². The standard InChI is InChI=1S/C21H32N6O/c1-24(2)9-10-27-19-8-6-5-7-18(19)20(23-27)21(28)22-15-11-16-13-25(3)14-17(12-15)26(16)4/h5-8,15-17H,9-14H2,1-4H3,(H,22,28)/t15-,16-,17+. The van der Waals surface area contributed by atoms with E-state index in [1.807, 2.05) is 43.0 Å². The first-order valence-electron chi connectivity index (χ1n) is 10.2. The number of amides is 1. The van der Waals surface area contributed by atoms with Crippen LogP contribution in [-0.4, -0.2) is 96.3 Å². The zero-order valence-corrected chi connectivity index (χ0v) is 17.4. The molecule has 1 N–H and O–H groups in total. The van der Waals surface area contributed by atoms with Crippen LogP contribution < -0.4 is 5.32 Å². The van der Waals surface area contributed by atoms with Crippen LogP contribution in [0.4, 0.5) is 0 Å². The molecular weight excluding hydrogens is 352 g/mol. The molecule has 1 aromatic carbocycles. The van der Waals surface area contributed by atoms with E-state index in [2.05, 4.69) is 39.2 Å². The van der Waals surface area contributed by atoms with Crippen molar-refractivity contribution in [1.82, 2.24) is 29.8 Å². The van der Waals surface area contributed by atoms with Gasteiger partial charge in [0.05, 0.1) is 12.1 Å². The molecule has 3 heterocycles. The summed E-state index contributed by atoms with van der Waals surface area (Å²) >= 11 is 0. The van der Waals surface area contributed by atoms with E-state index < -0.39 is 0 Å². The average molecular weight is 385 g/mol. The zero-order chi connectivity index (χ0) is 19.8. The summed E-state index contributed by atoms with van der Waals surface area (Å²) in [6.45, 7) is 3.80. The van der Waals surface area contributed by atoms with Gasteiger partial charge < -0.3 is 15.1 Å². The van der Waals surface area contributed by atoms with E-state index in [1.54, 1.807) is 0 Å². The Balaban J connectivity index is 1.51. The van der Waals surface area contributed by atoms with Crippen molar-refractivity contribution in [3.63, 3.8) is 0 Å². The molecule has 1 aromatic heterocycles. The van der Waals surface area contributed by atoms with Gasteiger partial charge in [0.15, 0.2) is 5.69 Å². The molecule has 2 aromatic rings. The lowest BCUT2D eigenvalue weighted by molar-refractivity contribution is 0.00837. The summed E-state index contributed by atoms with van der Waals surface area (Å²) in [6.07, 6.45) is 2.00. The van der Waals surface area contributed by atoms with Gasteiger partial charge in [0, 0.05) is 43.1 Å². The van der Waals surface area contributed by atoms with Crippen molar-refractivity contribution < 1.29 is 4.79 Å². The number of likely N-dealkylation sites (N-methyl/N-ethyl adjacent to an activating group) is 3. The SMILES string of the molecule is CN(C)CCn1nc(C(=O)N[C@@H]2C[C@@H]3CN(C)C[C@H](C2)N3C)c2ccccc21. The van der Waals surface area contributed by atoms with E-state index in [0.717, 1.165) is 49.9 Å². The van der Waals surface area contributed by atoms with Crippen molar-refractivity contribution in [1.29, 1.82) is 0 Å². The number of nitrogens with zero attached hydrogens (tertiary/aromatic N) is 5. The number of hydrogen-bond acceptors (Lipinski definition) is 5. The van der Waals surface area contributed by atoms with Crippen molar-refractivity contribution in [2.45, 2.75) is 37.5 Å². The second kappa shape index (κ2) is 7.81. The summed E-state index contributed by atoms with van der Waals surface area (Å²) in [5.41, 5.74) is 1.58. The Morgan fingerprint density at radius 2 is 1.86 bits per heavy atom. The fourth-order valence-corrected chi connectivity index (χ4v) is 4.72. The molecule has 152 valence electrons. The Morgan fingerprint density at radius 1 is 1.18 bits per heavy atom. The third-order valence-corrected chi connectivity index (χ3v) is 6.28. The first-order chi connectivity index (χ1) is 13.4. The van der Waals surface area contributed by atoms with Gasteiger partial charge >= 0.3 is 0 Å². The number of piperidine rings is 1. The van der Waals surface area contributed by atoms with Crippen LogP contribution in [0.15, 0.2) is 24.3 Å². The number of rotatable bonds is 5. The van der Waals surface area contributed by atoms with Gasteiger partial charge in [0.1, 0.15) is 0 Å². The first-order valence-corrected chi connectivity index (χ1v) is 10.2. The summed E-state index contributed by atoms with van der Waals surface area (Å²) in [5.74, 6) is -0.0409. The second-order valence-corrected chi connectivity index (χ2v) is 8.73. The van der Waals surface area contributed by atoms with Gasteiger partial charge in [-0.3, -0.25) is 14.4 Å². The van der Waals surface area contributed by atoms with Crippen LogP contribution in [0.5, 0.6) is 0 Å². The lowest BCUT2D eigenvalue weighted by Gasteiger charge is -2.50. The molecule has 4 rings (SSSR count). The number of hydrogen-bond donors (Lipinski definition) is 1. The summed E-state index contributed by atoms with van der Waals surface area (Å²) in [6, 6.07) is 9.28. The van der Waals surface area contributed by atoms with E-state index in [1.165, 1.54) is 0 Å². The fraction of sp³-hybridized carbons (Fsp3) is 0.619. The second-order valence-electron chi connectivity index (χ2n) is 8.73. The Morgan fingerprint density at radius 3 is 2.54 bits per heavy atom. The highest BCUT2D eigenvalue weighted by molar-refractivity contribution is 6.05. The number of likely N-dealkylation sites (tertiary alicyclic amines) is 1. The van der Waals surface area contributed by atoms with E-state index in [9.17, 15) is 4.79 Å². The van der Waals surface area contributed by atoms with Gasteiger partial charge in [0.2, 0.25) is 0 Å². The molecule has 0 unspecified atom stereocenters. The van der Waals surface area contributed by atoms with Gasteiger partial charge in [-0.1, -0.05) is 18.2 Å². The number of aromatic nitrogens is 2. The number of para-hydroxylation sites is 1. The predicted molar refractivity (Wildman–Crippen MR) is 112 cm³/mol. The molecule has 2 bridgehead atoms. The highest BCUT2D eigenvalue weighted by Gasteiger charge is 2.38. The summed E-state index contributed by atoms with van der Waals surface area (Å²) < 4.78 is 1.96. The Labute approximate surface area is 167 Å². The minimum atomic E-state index is -0.0409. The summed E-state index contributed by atoms with van der Waals surface area (Å²) in [7, 11) is 8.51. The number of carbonyl (C=O) groups excluding carboxylic acids is 1.